The van der Waals surface area contributed by atoms with Gasteiger partial charge in [-0.3, -0.25) is 9.78 Å². The minimum absolute atomic E-state index is 0.0483. The maximum atomic E-state index is 12.2. The molecule has 1 aliphatic heterocycles. The molecule has 1 aromatic carbocycles. The van der Waals surface area contributed by atoms with Crippen LogP contribution in [0.3, 0.4) is 0 Å². The van der Waals surface area contributed by atoms with Crippen molar-refractivity contribution >= 4 is 26.8 Å². The standard InChI is InChI=1S/C15H15N5O3S/c21-14-12-8-16-20(11-4-2-1-3-5-11)13(12)18-15(19-14)17-10-6-7-24(22,23)9-10/h1-5,8,10H,6-7,9H2,(H2,17,18,19,21). The second-order valence-electron chi connectivity index (χ2n) is 5.79. The van der Waals surface area contributed by atoms with E-state index in [1.54, 1.807) is 4.68 Å². The molecule has 3 aromatic rings. The minimum atomic E-state index is -3.01. The van der Waals surface area contributed by atoms with Gasteiger partial charge in [-0.2, -0.15) is 10.1 Å². The Kier molecular flexibility index (Phi) is 3.38. The van der Waals surface area contributed by atoms with E-state index in [0.717, 1.165) is 5.69 Å². The summed E-state index contributed by atoms with van der Waals surface area (Å²) in [7, 11) is -3.01. The number of fused-ring (bicyclic) bond motifs is 1. The molecule has 0 amide bonds. The van der Waals surface area contributed by atoms with Gasteiger partial charge in [-0.05, 0) is 18.6 Å². The summed E-state index contributed by atoms with van der Waals surface area (Å²) in [5, 5.41) is 7.62. The number of anilines is 1. The number of hydrogen-bond acceptors (Lipinski definition) is 6. The molecule has 4 rings (SSSR count). The summed E-state index contributed by atoms with van der Waals surface area (Å²) in [6.07, 6.45) is 1.97. The van der Waals surface area contributed by atoms with Crippen LogP contribution in [0, 0.1) is 0 Å². The number of sulfone groups is 1. The van der Waals surface area contributed by atoms with Crippen LogP contribution in [0.15, 0.2) is 41.3 Å². The molecule has 3 heterocycles. The van der Waals surface area contributed by atoms with E-state index in [-0.39, 0.29) is 29.1 Å². The van der Waals surface area contributed by atoms with Crippen LogP contribution in [0.5, 0.6) is 0 Å². The van der Waals surface area contributed by atoms with Gasteiger partial charge in [-0.15, -0.1) is 0 Å². The van der Waals surface area contributed by atoms with Crippen molar-refractivity contribution in [2.45, 2.75) is 12.5 Å². The van der Waals surface area contributed by atoms with E-state index in [2.05, 4.69) is 20.4 Å². The number of H-pyrrole nitrogens is 1. The number of hydrogen-bond donors (Lipinski definition) is 2. The molecular formula is C15H15N5O3S. The van der Waals surface area contributed by atoms with Crippen molar-refractivity contribution in [2.24, 2.45) is 0 Å². The van der Waals surface area contributed by atoms with Crippen molar-refractivity contribution in [1.29, 1.82) is 0 Å². The van der Waals surface area contributed by atoms with Crippen molar-refractivity contribution < 1.29 is 8.42 Å². The molecule has 2 N–H and O–H groups in total. The Morgan fingerprint density at radius 1 is 1.25 bits per heavy atom. The maximum Gasteiger partial charge on any atom is 0.263 e. The van der Waals surface area contributed by atoms with E-state index in [9.17, 15) is 13.2 Å². The molecule has 8 nitrogen and oxygen atoms in total. The lowest BCUT2D eigenvalue weighted by atomic mass is 10.3. The predicted octanol–water partition coefficient (Wildman–Crippen LogP) is 0.708. The van der Waals surface area contributed by atoms with Crippen molar-refractivity contribution in [3.8, 4) is 5.69 Å². The fourth-order valence-corrected chi connectivity index (χ4v) is 4.52. The fraction of sp³-hybridized carbons (Fsp3) is 0.267. The summed E-state index contributed by atoms with van der Waals surface area (Å²) in [5.74, 6) is 0.457. The Balaban J connectivity index is 1.75. The Morgan fingerprint density at radius 2 is 2.04 bits per heavy atom. The summed E-state index contributed by atoms with van der Waals surface area (Å²) in [4.78, 5) is 19.3. The number of nitrogens with zero attached hydrogens (tertiary/aromatic N) is 3. The van der Waals surface area contributed by atoms with Gasteiger partial charge >= 0.3 is 0 Å². The smallest absolute Gasteiger partial charge is 0.263 e. The number of para-hydroxylation sites is 1. The summed E-state index contributed by atoms with van der Waals surface area (Å²) in [5.41, 5.74) is 0.902. The van der Waals surface area contributed by atoms with Gasteiger partial charge in [0, 0.05) is 6.04 Å². The Labute approximate surface area is 137 Å². The molecule has 24 heavy (non-hydrogen) atoms. The van der Waals surface area contributed by atoms with E-state index in [1.807, 2.05) is 30.3 Å². The quantitative estimate of drug-likeness (QED) is 0.723. The van der Waals surface area contributed by atoms with Gasteiger partial charge in [0.05, 0.1) is 23.4 Å². The summed E-state index contributed by atoms with van der Waals surface area (Å²) in [6.45, 7) is 0. The highest BCUT2D eigenvalue weighted by atomic mass is 32.2. The molecule has 0 spiro atoms. The van der Waals surface area contributed by atoms with Crippen LogP contribution in [-0.2, 0) is 9.84 Å². The first kappa shape index (κ1) is 14.9. The third-order valence-electron chi connectivity index (χ3n) is 4.01. The maximum absolute atomic E-state index is 12.2. The van der Waals surface area contributed by atoms with E-state index in [1.165, 1.54) is 6.20 Å². The number of aromatic amines is 1. The van der Waals surface area contributed by atoms with Crippen LogP contribution < -0.4 is 10.9 Å². The molecule has 1 aliphatic rings. The first-order valence-electron chi connectivity index (χ1n) is 7.52. The molecule has 0 saturated carbocycles. The Bertz CT molecular complexity index is 1060. The molecule has 0 radical (unpaired) electrons. The van der Waals surface area contributed by atoms with Crippen LogP contribution in [-0.4, -0.2) is 45.7 Å². The fourth-order valence-electron chi connectivity index (χ4n) is 2.85. The van der Waals surface area contributed by atoms with Crippen LogP contribution in [0.2, 0.25) is 0 Å². The van der Waals surface area contributed by atoms with Crippen LogP contribution in [0.25, 0.3) is 16.7 Å². The average molecular weight is 345 g/mol. The highest BCUT2D eigenvalue weighted by molar-refractivity contribution is 7.91. The zero-order valence-electron chi connectivity index (χ0n) is 12.6. The lowest BCUT2D eigenvalue weighted by Gasteiger charge is -2.11. The third kappa shape index (κ3) is 2.67. The van der Waals surface area contributed by atoms with Crippen molar-refractivity contribution in [2.75, 3.05) is 16.8 Å². The topological polar surface area (TPSA) is 110 Å². The third-order valence-corrected chi connectivity index (χ3v) is 5.78. The van der Waals surface area contributed by atoms with Crippen molar-refractivity contribution in [3.63, 3.8) is 0 Å². The molecule has 1 atom stereocenters. The monoisotopic (exact) mass is 345 g/mol. The van der Waals surface area contributed by atoms with Crippen LogP contribution >= 0.6 is 0 Å². The van der Waals surface area contributed by atoms with Gasteiger partial charge in [-0.1, -0.05) is 18.2 Å². The molecule has 124 valence electrons. The summed E-state index contributed by atoms with van der Waals surface area (Å²) in [6, 6.07) is 9.13. The SMILES string of the molecule is O=c1[nH]c(NC2CCS(=O)(=O)C2)nc2c1cnn2-c1ccccc1. The zero-order chi connectivity index (χ0) is 16.7. The number of rotatable bonds is 3. The Morgan fingerprint density at radius 3 is 2.75 bits per heavy atom. The number of benzene rings is 1. The van der Waals surface area contributed by atoms with Crippen molar-refractivity contribution in [1.82, 2.24) is 19.7 Å². The molecule has 1 unspecified atom stereocenters. The highest BCUT2D eigenvalue weighted by Gasteiger charge is 2.28. The molecule has 1 fully saturated rings. The first-order valence-corrected chi connectivity index (χ1v) is 9.34. The second kappa shape index (κ2) is 5.45. The van der Waals surface area contributed by atoms with Gasteiger partial charge < -0.3 is 5.32 Å². The lowest BCUT2D eigenvalue weighted by molar-refractivity contribution is 0.602. The predicted molar refractivity (Wildman–Crippen MR) is 90.2 cm³/mol. The second-order valence-corrected chi connectivity index (χ2v) is 8.02. The minimum Gasteiger partial charge on any atom is -0.352 e. The molecule has 1 saturated heterocycles. The van der Waals surface area contributed by atoms with Gasteiger partial charge in [0.25, 0.3) is 5.56 Å². The van der Waals surface area contributed by atoms with E-state index < -0.39 is 9.84 Å². The van der Waals surface area contributed by atoms with E-state index >= 15 is 0 Å². The van der Waals surface area contributed by atoms with Gasteiger partial charge in [0.15, 0.2) is 15.5 Å². The zero-order valence-corrected chi connectivity index (χ0v) is 13.5. The lowest BCUT2D eigenvalue weighted by Crippen LogP contribution is -2.24. The largest absolute Gasteiger partial charge is 0.352 e. The van der Waals surface area contributed by atoms with Crippen molar-refractivity contribution in [3.05, 3.63) is 46.9 Å². The van der Waals surface area contributed by atoms with Gasteiger partial charge in [0.1, 0.15) is 5.39 Å². The van der Waals surface area contributed by atoms with E-state index in [4.69, 9.17) is 0 Å². The molecule has 0 bridgehead atoms. The average Bonchev–Trinajstić information content (AvgIpc) is 3.12. The normalized spacial score (nSPS) is 19.6. The van der Waals surface area contributed by atoms with Crippen LogP contribution in [0.4, 0.5) is 5.95 Å². The molecular weight excluding hydrogens is 330 g/mol. The number of nitrogens with one attached hydrogen (secondary N) is 2. The molecule has 2 aromatic heterocycles. The molecule has 0 aliphatic carbocycles. The summed E-state index contributed by atoms with van der Waals surface area (Å²) < 4.78 is 24.7. The van der Waals surface area contributed by atoms with Crippen LogP contribution in [0.1, 0.15) is 6.42 Å². The van der Waals surface area contributed by atoms with Gasteiger partial charge in [-0.25, -0.2) is 13.1 Å². The number of aromatic nitrogens is 4. The Hall–Kier alpha value is -2.68. The highest BCUT2D eigenvalue weighted by Crippen LogP contribution is 2.17. The van der Waals surface area contributed by atoms with E-state index in [0.29, 0.717) is 17.5 Å². The van der Waals surface area contributed by atoms with Gasteiger partial charge in [0.2, 0.25) is 5.95 Å². The summed E-state index contributed by atoms with van der Waals surface area (Å²) >= 11 is 0. The molecule has 9 heteroatoms. The first-order chi connectivity index (χ1) is 11.5.